The summed E-state index contributed by atoms with van der Waals surface area (Å²) in [5.41, 5.74) is 0.995. The smallest absolute Gasteiger partial charge is 0.0960 e. The molecule has 0 N–H and O–H groups in total. The molecule has 15 heavy (non-hydrogen) atoms. The fourth-order valence-electron chi connectivity index (χ4n) is 1.39. The van der Waals surface area contributed by atoms with Crippen LogP contribution in [0.3, 0.4) is 0 Å². The summed E-state index contributed by atoms with van der Waals surface area (Å²) in [6, 6.07) is 0. The van der Waals surface area contributed by atoms with Crippen molar-refractivity contribution >= 4 is 15.9 Å². The highest BCUT2D eigenvalue weighted by atomic mass is 79.9. The predicted octanol–water partition coefficient (Wildman–Crippen LogP) is 2.08. The highest BCUT2D eigenvalue weighted by molar-refractivity contribution is 9.09. The zero-order chi connectivity index (χ0) is 11.3. The summed E-state index contributed by atoms with van der Waals surface area (Å²) >= 11 is 3.48. The molecule has 4 nitrogen and oxygen atoms in total. The molecule has 0 radical (unpaired) electrons. The Kier molecular flexibility index (Phi) is 5.25. The minimum atomic E-state index is 0.278. The summed E-state index contributed by atoms with van der Waals surface area (Å²) < 4.78 is 1.91. The van der Waals surface area contributed by atoms with Crippen LogP contribution in [0.4, 0.5) is 0 Å². The number of rotatable bonds is 6. The van der Waals surface area contributed by atoms with E-state index in [1.807, 2.05) is 10.9 Å². The van der Waals surface area contributed by atoms with E-state index in [2.05, 4.69) is 51.9 Å². The molecule has 0 aromatic carbocycles. The Balaban J connectivity index is 2.43. The quantitative estimate of drug-likeness (QED) is 0.745. The first-order valence-corrected chi connectivity index (χ1v) is 6.35. The third kappa shape index (κ3) is 3.91. The van der Waals surface area contributed by atoms with Gasteiger partial charge in [0.1, 0.15) is 0 Å². The molecule has 1 unspecified atom stereocenters. The third-order valence-corrected chi connectivity index (χ3v) is 2.97. The van der Waals surface area contributed by atoms with E-state index in [0.29, 0.717) is 0 Å². The minimum absolute atomic E-state index is 0.278. The number of hydrogen-bond acceptors (Lipinski definition) is 3. The number of likely N-dealkylation sites (N-methyl/N-ethyl adjacent to an activating group) is 1. The molecule has 1 aromatic heterocycles. The molecule has 86 valence electrons. The molecule has 1 aromatic rings. The Hall–Kier alpha value is -0.420. The van der Waals surface area contributed by atoms with E-state index in [4.69, 9.17) is 0 Å². The van der Waals surface area contributed by atoms with E-state index in [1.54, 1.807) is 0 Å². The monoisotopic (exact) mass is 274 g/mol. The van der Waals surface area contributed by atoms with Gasteiger partial charge in [-0.2, -0.15) is 0 Å². The van der Waals surface area contributed by atoms with Gasteiger partial charge in [0.2, 0.25) is 0 Å². The van der Waals surface area contributed by atoms with Gasteiger partial charge >= 0.3 is 0 Å². The van der Waals surface area contributed by atoms with Gasteiger partial charge in [-0.15, -0.1) is 5.10 Å². The molecule has 1 atom stereocenters. The molecular formula is C10H19BrN4. The first-order chi connectivity index (χ1) is 7.17. The molecule has 0 aliphatic carbocycles. The molecule has 1 rings (SSSR count). The van der Waals surface area contributed by atoms with Gasteiger partial charge < -0.3 is 4.90 Å². The fraction of sp³-hybridized carbons (Fsp3) is 0.800. The van der Waals surface area contributed by atoms with Gasteiger partial charge in [0.05, 0.1) is 17.1 Å². The first-order valence-electron chi connectivity index (χ1n) is 5.43. The van der Waals surface area contributed by atoms with Crippen molar-refractivity contribution in [3.8, 4) is 0 Å². The van der Waals surface area contributed by atoms with E-state index in [0.717, 1.165) is 31.9 Å². The fourth-order valence-corrected chi connectivity index (χ4v) is 1.60. The molecule has 0 saturated heterocycles. The second-order valence-corrected chi connectivity index (χ2v) is 4.92. The van der Waals surface area contributed by atoms with Crippen LogP contribution in [0.15, 0.2) is 6.20 Å². The van der Waals surface area contributed by atoms with Gasteiger partial charge in [-0.05, 0) is 20.0 Å². The molecule has 0 fully saturated rings. The Bertz CT molecular complexity index is 281. The Labute approximate surface area is 99.8 Å². The average molecular weight is 275 g/mol. The van der Waals surface area contributed by atoms with Crippen molar-refractivity contribution in [3.63, 3.8) is 0 Å². The molecule has 0 spiro atoms. The first kappa shape index (κ1) is 12.6. The lowest BCUT2D eigenvalue weighted by Gasteiger charge is -2.17. The lowest BCUT2D eigenvalue weighted by molar-refractivity contribution is 0.284. The summed E-state index contributed by atoms with van der Waals surface area (Å²) in [5, 5.41) is 8.18. The third-order valence-electron chi connectivity index (χ3n) is 2.50. The highest BCUT2D eigenvalue weighted by Gasteiger charge is 2.06. The van der Waals surface area contributed by atoms with Crippen molar-refractivity contribution in [2.75, 3.05) is 19.6 Å². The Morgan fingerprint density at radius 3 is 2.60 bits per heavy atom. The summed E-state index contributed by atoms with van der Waals surface area (Å²) in [5.74, 6) is 0. The maximum Gasteiger partial charge on any atom is 0.0960 e. The summed E-state index contributed by atoms with van der Waals surface area (Å²) in [6.07, 6.45) is 2.00. The van der Waals surface area contributed by atoms with Crippen LogP contribution < -0.4 is 0 Å². The Morgan fingerprint density at radius 2 is 2.13 bits per heavy atom. The van der Waals surface area contributed by atoms with Crippen LogP contribution in [0.25, 0.3) is 0 Å². The number of nitrogens with zero attached hydrogens (tertiary/aromatic N) is 4. The maximum absolute atomic E-state index is 4.09. The lowest BCUT2D eigenvalue weighted by atomic mass is 10.4. The van der Waals surface area contributed by atoms with Crippen molar-refractivity contribution in [1.29, 1.82) is 0 Å². The molecular weight excluding hydrogens is 256 g/mol. The maximum atomic E-state index is 4.09. The second-order valence-electron chi connectivity index (χ2n) is 3.55. The van der Waals surface area contributed by atoms with E-state index in [-0.39, 0.29) is 4.83 Å². The molecule has 0 aliphatic heterocycles. The second kappa shape index (κ2) is 6.23. The van der Waals surface area contributed by atoms with Crippen molar-refractivity contribution in [2.24, 2.45) is 0 Å². The standard InChI is InChI=1S/C10H19BrN4/c1-4-14(5-2)6-7-15-8-10(9(3)11)12-13-15/h8-9H,4-7H2,1-3H3. The van der Waals surface area contributed by atoms with Crippen LogP contribution in [0.2, 0.25) is 0 Å². The molecule has 5 heteroatoms. The van der Waals surface area contributed by atoms with Gasteiger partial charge in [0.15, 0.2) is 0 Å². The van der Waals surface area contributed by atoms with Gasteiger partial charge in [0, 0.05) is 12.7 Å². The van der Waals surface area contributed by atoms with Crippen molar-refractivity contribution in [3.05, 3.63) is 11.9 Å². The van der Waals surface area contributed by atoms with E-state index >= 15 is 0 Å². The van der Waals surface area contributed by atoms with Gasteiger partial charge in [-0.1, -0.05) is 35.0 Å². The molecule has 0 saturated carbocycles. The molecule has 0 bridgehead atoms. The summed E-state index contributed by atoms with van der Waals surface area (Å²) in [7, 11) is 0. The average Bonchev–Trinajstić information content (AvgIpc) is 2.68. The van der Waals surface area contributed by atoms with Crippen molar-refractivity contribution in [2.45, 2.75) is 32.1 Å². The van der Waals surface area contributed by atoms with Crippen LogP contribution in [0.1, 0.15) is 31.3 Å². The lowest BCUT2D eigenvalue weighted by Crippen LogP contribution is -2.27. The van der Waals surface area contributed by atoms with E-state index < -0.39 is 0 Å². The summed E-state index contributed by atoms with van der Waals surface area (Å²) in [6.45, 7) is 10.5. The zero-order valence-corrected chi connectivity index (χ0v) is 11.2. The van der Waals surface area contributed by atoms with Crippen LogP contribution >= 0.6 is 15.9 Å². The number of hydrogen-bond donors (Lipinski definition) is 0. The zero-order valence-electron chi connectivity index (χ0n) is 9.65. The van der Waals surface area contributed by atoms with Crippen LogP contribution in [-0.2, 0) is 6.54 Å². The molecule has 0 aliphatic rings. The number of alkyl halides is 1. The van der Waals surface area contributed by atoms with Gasteiger partial charge in [-0.25, -0.2) is 0 Å². The van der Waals surface area contributed by atoms with Crippen molar-refractivity contribution in [1.82, 2.24) is 19.9 Å². The largest absolute Gasteiger partial charge is 0.302 e. The highest BCUT2D eigenvalue weighted by Crippen LogP contribution is 2.17. The number of aromatic nitrogens is 3. The van der Waals surface area contributed by atoms with Gasteiger partial charge in [0.25, 0.3) is 0 Å². The van der Waals surface area contributed by atoms with E-state index in [1.165, 1.54) is 0 Å². The summed E-state index contributed by atoms with van der Waals surface area (Å²) in [4.78, 5) is 2.65. The molecule has 0 amide bonds. The van der Waals surface area contributed by atoms with Crippen LogP contribution in [-0.4, -0.2) is 39.5 Å². The predicted molar refractivity (Wildman–Crippen MR) is 65.2 cm³/mol. The number of halogens is 1. The topological polar surface area (TPSA) is 34.0 Å². The Morgan fingerprint density at radius 1 is 1.47 bits per heavy atom. The van der Waals surface area contributed by atoms with Crippen molar-refractivity contribution < 1.29 is 0 Å². The van der Waals surface area contributed by atoms with Crippen LogP contribution in [0.5, 0.6) is 0 Å². The van der Waals surface area contributed by atoms with E-state index in [9.17, 15) is 0 Å². The van der Waals surface area contributed by atoms with Gasteiger partial charge in [-0.3, -0.25) is 4.68 Å². The van der Waals surface area contributed by atoms with Crippen LogP contribution in [0, 0.1) is 0 Å². The normalized spacial score (nSPS) is 13.4. The SMILES string of the molecule is CCN(CC)CCn1cc(C(C)Br)nn1. The molecule has 1 heterocycles. The minimum Gasteiger partial charge on any atom is -0.302 e.